The van der Waals surface area contributed by atoms with Crippen LogP contribution in [0.2, 0.25) is 5.02 Å². The van der Waals surface area contributed by atoms with E-state index in [-0.39, 0.29) is 22.9 Å². The van der Waals surface area contributed by atoms with E-state index in [1.54, 1.807) is 26.8 Å². The molecule has 0 aliphatic carbocycles. The number of carbonyl (C=O) groups excluding carboxylic acids is 3. The minimum absolute atomic E-state index is 0.0535. The summed E-state index contributed by atoms with van der Waals surface area (Å²) in [6, 6.07) is 5.15. The Balaban J connectivity index is 2.36. The van der Waals surface area contributed by atoms with E-state index in [0.29, 0.717) is 0 Å². The number of sulfonamides is 1. The molecule has 1 aromatic rings. The van der Waals surface area contributed by atoms with Crippen molar-refractivity contribution in [1.29, 1.82) is 0 Å². The van der Waals surface area contributed by atoms with Crippen molar-refractivity contribution in [3.8, 4) is 0 Å². The van der Waals surface area contributed by atoms with Crippen LogP contribution in [0.4, 0.5) is 4.79 Å². The van der Waals surface area contributed by atoms with E-state index >= 15 is 0 Å². The highest BCUT2D eigenvalue weighted by Crippen LogP contribution is 2.19. The number of carbonyl (C=O) groups is 3. The Morgan fingerprint density at radius 3 is 2.37 bits per heavy atom. The second kappa shape index (κ2) is 9.67. The number of nitrogens with one attached hydrogen (secondary N) is 3. The molecule has 0 saturated heterocycles. The largest absolute Gasteiger partial charge is 0.456 e. The van der Waals surface area contributed by atoms with Gasteiger partial charge in [-0.25, -0.2) is 17.9 Å². The smallest absolute Gasteiger partial charge is 0.321 e. The highest BCUT2D eigenvalue weighted by molar-refractivity contribution is 7.89. The molecule has 1 aromatic carbocycles. The standard InChI is InChI=1S/C16H22ClN3O6S/c1-16(2,3)20-15(23)19-13(21)10-26-14(22)8-9-18-27(24,25)12-7-5-4-6-11(12)17/h4-7,18H,8-10H2,1-3H3,(H2,19,20,21,23). The Morgan fingerprint density at radius 2 is 1.78 bits per heavy atom. The van der Waals surface area contributed by atoms with Gasteiger partial charge in [-0.2, -0.15) is 0 Å². The van der Waals surface area contributed by atoms with Gasteiger partial charge in [0.15, 0.2) is 6.61 Å². The van der Waals surface area contributed by atoms with E-state index < -0.39 is 40.1 Å². The number of rotatable bonds is 7. The third-order valence-corrected chi connectivity index (χ3v) is 4.81. The summed E-state index contributed by atoms with van der Waals surface area (Å²) in [5.74, 6) is -1.61. The minimum Gasteiger partial charge on any atom is -0.456 e. The van der Waals surface area contributed by atoms with Crippen LogP contribution in [0, 0.1) is 0 Å². The van der Waals surface area contributed by atoms with Gasteiger partial charge in [0, 0.05) is 12.1 Å². The van der Waals surface area contributed by atoms with Crippen LogP contribution in [0.3, 0.4) is 0 Å². The number of amides is 3. The lowest BCUT2D eigenvalue weighted by molar-refractivity contribution is -0.148. The Labute approximate surface area is 162 Å². The number of imide groups is 1. The maximum absolute atomic E-state index is 12.1. The molecule has 0 unspecified atom stereocenters. The predicted octanol–water partition coefficient (Wildman–Crippen LogP) is 1.18. The van der Waals surface area contributed by atoms with E-state index in [9.17, 15) is 22.8 Å². The predicted molar refractivity (Wildman–Crippen MR) is 98.6 cm³/mol. The molecule has 0 aliphatic rings. The number of halogens is 1. The number of hydrogen-bond donors (Lipinski definition) is 3. The highest BCUT2D eigenvalue weighted by atomic mass is 35.5. The summed E-state index contributed by atoms with van der Waals surface area (Å²) in [4.78, 5) is 34.5. The first kappa shape index (κ1) is 22.9. The summed E-state index contributed by atoms with van der Waals surface area (Å²) >= 11 is 5.83. The summed E-state index contributed by atoms with van der Waals surface area (Å²) in [6.45, 7) is 4.31. The molecule has 0 aromatic heterocycles. The topological polar surface area (TPSA) is 131 Å². The molecule has 3 N–H and O–H groups in total. The van der Waals surface area contributed by atoms with Gasteiger partial charge in [0.05, 0.1) is 11.4 Å². The van der Waals surface area contributed by atoms with Crippen molar-refractivity contribution >= 4 is 39.5 Å². The van der Waals surface area contributed by atoms with Gasteiger partial charge in [0.1, 0.15) is 4.90 Å². The van der Waals surface area contributed by atoms with Crippen LogP contribution >= 0.6 is 11.6 Å². The van der Waals surface area contributed by atoms with Gasteiger partial charge in [0.25, 0.3) is 5.91 Å². The van der Waals surface area contributed by atoms with Gasteiger partial charge in [-0.3, -0.25) is 14.9 Å². The van der Waals surface area contributed by atoms with Crippen LogP contribution < -0.4 is 15.4 Å². The molecule has 0 fully saturated rings. The normalized spacial score (nSPS) is 11.6. The molecule has 1 rings (SSSR count). The quantitative estimate of drug-likeness (QED) is 0.569. The fourth-order valence-electron chi connectivity index (χ4n) is 1.78. The average molecular weight is 420 g/mol. The van der Waals surface area contributed by atoms with Crippen molar-refractivity contribution in [1.82, 2.24) is 15.4 Å². The molecule has 150 valence electrons. The maximum Gasteiger partial charge on any atom is 0.321 e. The van der Waals surface area contributed by atoms with Crippen LogP contribution in [0.1, 0.15) is 27.2 Å². The van der Waals surface area contributed by atoms with Gasteiger partial charge >= 0.3 is 12.0 Å². The van der Waals surface area contributed by atoms with E-state index in [1.165, 1.54) is 18.2 Å². The third-order valence-electron chi connectivity index (χ3n) is 2.85. The maximum atomic E-state index is 12.1. The van der Waals surface area contributed by atoms with Crippen molar-refractivity contribution in [2.75, 3.05) is 13.2 Å². The van der Waals surface area contributed by atoms with Gasteiger partial charge in [-0.15, -0.1) is 0 Å². The lowest BCUT2D eigenvalue weighted by atomic mass is 10.1. The van der Waals surface area contributed by atoms with E-state index in [4.69, 9.17) is 11.6 Å². The van der Waals surface area contributed by atoms with E-state index in [2.05, 4.69) is 14.8 Å². The van der Waals surface area contributed by atoms with E-state index in [1.807, 2.05) is 5.32 Å². The number of hydrogen-bond acceptors (Lipinski definition) is 6. The number of esters is 1. The summed E-state index contributed by atoms with van der Waals surface area (Å²) in [7, 11) is -3.87. The molecule has 0 spiro atoms. The van der Waals surface area contributed by atoms with Crippen LogP contribution in [0.5, 0.6) is 0 Å². The minimum atomic E-state index is -3.87. The summed E-state index contributed by atoms with van der Waals surface area (Å²) < 4.78 is 31.1. The van der Waals surface area contributed by atoms with Crippen molar-refractivity contribution in [2.24, 2.45) is 0 Å². The van der Waals surface area contributed by atoms with Gasteiger partial charge in [0.2, 0.25) is 10.0 Å². The Kier molecular flexibility index (Phi) is 8.20. The summed E-state index contributed by atoms with van der Waals surface area (Å²) in [5, 5.41) is 4.57. The summed E-state index contributed by atoms with van der Waals surface area (Å²) in [5.41, 5.74) is -0.528. The van der Waals surface area contributed by atoms with Crippen molar-refractivity contribution in [3.05, 3.63) is 29.3 Å². The molecule has 0 aliphatic heterocycles. The highest BCUT2D eigenvalue weighted by Gasteiger charge is 2.19. The molecule has 0 bridgehead atoms. The monoisotopic (exact) mass is 419 g/mol. The molecule has 0 saturated carbocycles. The zero-order valence-electron chi connectivity index (χ0n) is 15.2. The van der Waals surface area contributed by atoms with Crippen molar-refractivity contribution < 1.29 is 27.5 Å². The van der Waals surface area contributed by atoms with Crippen LogP contribution in [-0.2, 0) is 24.3 Å². The van der Waals surface area contributed by atoms with Gasteiger partial charge < -0.3 is 10.1 Å². The zero-order valence-corrected chi connectivity index (χ0v) is 16.7. The molecule has 0 radical (unpaired) electrons. The first-order valence-corrected chi connectivity index (χ1v) is 9.78. The summed E-state index contributed by atoms with van der Waals surface area (Å²) in [6.07, 6.45) is -0.300. The van der Waals surface area contributed by atoms with Crippen LogP contribution in [0.25, 0.3) is 0 Å². The van der Waals surface area contributed by atoms with Crippen LogP contribution in [0.15, 0.2) is 29.2 Å². The molecule has 9 nitrogen and oxygen atoms in total. The molecular formula is C16H22ClN3O6S. The van der Waals surface area contributed by atoms with Gasteiger partial charge in [-0.1, -0.05) is 23.7 Å². The SMILES string of the molecule is CC(C)(C)NC(=O)NC(=O)COC(=O)CCNS(=O)(=O)c1ccccc1Cl. The Morgan fingerprint density at radius 1 is 1.15 bits per heavy atom. The zero-order chi connectivity index (χ0) is 20.7. The lowest BCUT2D eigenvalue weighted by Gasteiger charge is -2.20. The van der Waals surface area contributed by atoms with Crippen molar-refractivity contribution in [3.63, 3.8) is 0 Å². The fourth-order valence-corrected chi connectivity index (χ4v) is 3.33. The number of ether oxygens (including phenoxy) is 1. The first-order chi connectivity index (χ1) is 12.4. The number of urea groups is 1. The number of benzene rings is 1. The average Bonchev–Trinajstić information content (AvgIpc) is 2.51. The molecule has 11 heteroatoms. The van der Waals surface area contributed by atoms with Crippen molar-refractivity contribution in [2.45, 2.75) is 37.6 Å². The third kappa shape index (κ3) is 8.85. The van der Waals surface area contributed by atoms with Crippen LogP contribution in [-0.4, -0.2) is 45.0 Å². The molecule has 0 atom stereocenters. The molecule has 3 amide bonds. The Hall–Kier alpha value is -2.17. The van der Waals surface area contributed by atoms with E-state index in [0.717, 1.165) is 0 Å². The fraction of sp³-hybridized carbons (Fsp3) is 0.438. The molecule has 0 heterocycles. The lowest BCUT2D eigenvalue weighted by Crippen LogP contribution is -2.49. The Bertz CT molecular complexity index is 805. The second-order valence-corrected chi connectivity index (χ2v) is 8.63. The second-order valence-electron chi connectivity index (χ2n) is 6.49. The molecule has 27 heavy (non-hydrogen) atoms. The molecular weight excluding hydrogens is 398 g/mol. The van der Waals surface area contributed by atoms with Gasteiger partial charge in [-0.05, 0) is 32.9 Å². The first-order valence-electron chi connectivity index (χ1n) is 7.92.